The fourth-order valence-corrected chi connectivity index (χ4v) is 5.79. The molecule has 2 aliphatic rings. The molecule has 4 aromatic carbocycles. The first-order valence-electron chi connectivity index (χ1n) is 15.2. The molecule has 1 aromatic heterocycles. The first-order chi connectivity index (χ1) is 24.9. The van der Waals surface area contributed by atoms with E-state index in [0.29, 0.717) is 0 Å². The summed E-state index contributed by atoms with van der Waals surface area (Å²) in [6.45, 7) is 0. The number of rotatable bonds is 8. The molecule has 2 aliphatic heterocycles. The Morgan fingerprint density at radius 2 is 0.865 bits per heavy atom. The molecule has 0 radical (unpaired) electrons. The number of carbonyl (C=O) groups is 8. The molecule has 0 atom stereocenters. The number of aromatic carboxylic acids is 2. The number of benzene rings is 4. The van der Waals surface area contributed by atoms with Crippen LogP contribution in [0.15, 0.2) is 103 Å². The van der Waals surface area contributed by atoms with Crippen LogP contribution in [0.4, 0.5) is 23.0 Å². The maximum absolute atomic E-state index is 13.6. The van der Waals surface area contributed by atoms with Crippen LogP contribution < -0.4 is 20.4 Å². The predicted molar refractivity (Wildman–Crippen MR) is 182 cm³/mol. The van der Waals surface area contributed by atoms with Gasteiger partial charge in [0.15, 0.2) is 0 Å². The van der Waals surface area contributed by atoms with E-state index in [0.717, 1.165) is 9.80 Å². The average Bonchev–Trinajstić information content (AvgIpc) is 3.54. The molecule has 4 N–H and O–H groups in total. The Morgan fingerprint density at radius 1 is 0.481 bits per heavy atom. The molecule has 0 bridgehead atoms. The number of pyridine rings is 1. The summed E-state index contributed by atoms with van der Waals surface area (Å²) in [5, 5.41) is 23.8. The number of fused-ring (bicyclic) bond motifs is 2. The van der Waals surface area contributed by atoms with Crippen LogP contribution in [0, 0.1) is 0 Å². The molecule has 0 saturated heterocycles. The molecule has 15 nitrogen and oxygen atoms in total. The Morgan fingerprint density at radius 3 is 1.27 bits per heavy atom. The van der Waals surface area contributed by atoms with Gasteiger partial charge >= 0.3 is 11.9 Å². The Balaban J connectivity index is 1.12. The summed E-state index contributed by atoms with van der Waals surface area (Å²) in [7, 11) is 0. The third-order valence-corrected chi connectivity index (χ3v) is 8.29. The van der Waals surface area contributed by atoms with Crippen molar-refractivity contribution in [3.8, 4) is 0 Å². The minimum Gasteiger partial charge on any atom is -0.478 e. The van der Waals surface area contributed by atoms with Gasteiger partial charge in [-0.15, -0.1) is 0 Å². The number of amides is 6. The van der Waals surface area contributed by atoms with Gasteiger partial charge in [0.1, 0.15) is 11.6 Å². The molecular weight excluding hydrogens is 674 g/mol. The summed E-state index contributed by atoms with van der Waals surface area (Å²) in [6, 6.07) is 23.0. The number of nitrogens with zero attached hydrogens (tertiary/aromatic N) is 3. The van der Waals surface area contributed by atoms with E-state index in [1.54, 1.807) is 0 Å². The van der Waals surface area contributed by atoms with E-state index in [4.69, 9.17) is 0 Å². The number of anilines is 4. The second-order valence-electron chi connectivity index (χ2n) is 11.4. The van der Waals surface area contributed by atoms with Crippen molar-refractivity contribution in [1.29, 1.82) is 0 Å². The highest BCUT2D eigenvalue weighted by Gasteiger charge is 2.41. The second-order valence-corrected chi connectivity index (χ2v) is 11.4. The number of nitrogens with one attached hydrogen (secondary N) is 2. The number of para-hydroxylation sites is 2. The number of hydrogen-bond donors (Lipinski definition) is 4. The van der Waals surface area contributed by atoms with E-state index < -0.39 is 47.4 Å². The lowest BCUT2D eigenvalue weighted by Crippen LogP contribution is -2.33. The van der Waals surface area contributed by atoms with Gasteiger partial charge in [0.2, 0.25) is 0 Å². The van der Waals surface area contributed by atoms with E-state index >= 15 is 0 Å². The van der Waals surface area contributed by atoms with Crippen LogP contribution in [0.3, 0.4) is 0 Å². The van der Waals surface area contributed by atoms with E-state index in [9.17, 15) is 48.6 Å². The molecule has 254 valence electrons. The van der Waals surface area contributed by atoms with Crippen molar-refractivity contribution in [2.45, 2.75) is 0 Å². The van der Waals surface area contributed by atoms with Gasteiger partial charge in [0.05, 0.1) is 44.8 Å². The van der Waals surface area contributed by atoms with Crippen LogP contribution >= 0.6 is 0 Å². The van der Waals surface area contributed by atoms with Gasteiger partial charge in [-0.05, 0) is 72.8 Å². The molecule has 0 aliphatic carbocycles. The van der Waals surface area contributed by atoms with Crippen molar-refractivity contribution in [1.82, 2.24) is 4.98 Å². The maximum atomic E-state index is 13.6. The van der Waals surface area contributed by atoms with Gasteiger partial charge in [-0.2, -0.15) is 0 Å². The fraction of sp³-hybridized carbons (Fsp3) is 0. The Labute approximate surface area is 291 Å². The topological polar surface area (TPSA) is 220 Å². The van der Waals surface area contributed by atoms with Gasteiger partial charge in [0, 0.05) is 11.1 Å². The molecule has 52 heavy (non-hydrogen) atoms. The maximum Gasteiger partial charge on any atom is 0.337 e. The standard InChI is InChI=1S/C37H21N5O10/c43-30(38-26-8-3-1-6-22(26)36(49)50)18-12-14-20-24(16-18)34(47)41(32(20)45)28-10-5-11-29(40-28)42-33(46)21-15-13-19(17-25(21)35(42)48)31(44)39-27-9-4-2-7-23(27)37(51)52/h1-17H,(H,38,43)(H,39,44)(H,49,50)(H,51,52). The number of hydrogen-bond acceptors (Lipinski definition) is 9. The zero-order valence-corrected chi connectivity index (χ0v) is 26.3. The molecule has 0 saturated carbocycles. The zero-order chi connectivity index (χ0) is 36.8. The molecule has 6 amide bonds. The first kappa shape index (κ1) is 32.7. The summed E-state index contributed by atoms with van der Waals surface area (Å²) in [6.07, 6.45) is 0. The number of carbonyl (C=O) groups excluding carboxylic acids is 6. The van der Waals surface area contributed by atoms with Crippen molar-refractivity contribution in [3.05, 3.63) is 148 Å². The molecule has 7 rings (SSSR count). The van der Waals surface area contributed by atoms with Crippen molar-refractivity contribution in [2.24, 2.45) is 0 Å². The Bertz CT molecular complexity index is 2310. The minimum absolute atomic E-state index is 0.0275. The van der Waals surface area contributed by atoms with E-state index in [2.05, 4.69) is 15.6 Å². The van der Waals surface area contributed by atoms with Crippen LogP contribution in [0.1, 0.15) is 82.9 Å². The Kier molecular flexibility index (Phi) is 7.91. The largest absolute Gasteiger partial charge is 0.478 e. The van der Waals surface area contributed by atoms with Crippen molar-refractivity contribution in [3.63, 3.8) is 0 Å². The third-order valence-electron chi connectivity index (χ3n) is 8.29. The zero-order valence-electron chi connectivity index (χ0n) is 26.3. The molecule has 0 fully saturated rings. The Hall–Kier alpha value is -7.81. The first-order valence-corrected chi connectivity index (χ1v) is 15.2. The number of carboxylic acids is 2. The van der Waals surface area contributed by atoms with E-state index in [1.807, 2.05) is 0 Å². The lowest BCUT2D eigenvalue weighted by molar-refractivity contribution is 0.0687. The molecule has 5 aromatic rings. The van der Waals surface area contributed by atoms with Gasteiger partial charge < -0.3 is 20.8 Å². The van der Waals surface area contributed by atoms with Crippen LogP contribution in [-0.2, 0) is 0 Å². The summed E-state index contributed by atoms with van der Waals surface area (Å²) in [5.74, 6) is -7.67. The van der Waals surface area contributed by atoms with Gasteiger partial charge in [-0.3, -0.25) is 28.8 Å². The van der Waals surface area contributed by atoms with E-state index in [-0.39, 0.29) is 67.5 Å². The van der Waals surface area contributed by atoms with Gasteiger partial charge in [0.25, 0.3) is 35.4 Å². The quantitative estimate of drug-likeness (QED) is 0.165. The fourth-order valence-electron chi connectivity index (χ4n) is 5.79. The highest BCUT2D eigenvalue weighted by Crippen LogP contribution is 2.33. The van der Waals surface area contributed by atoms with Crippen molar-refractivity contribution in [2.75, 3.05) is 20.4 Å². The predicted octanol–water partition coefficient (Wildman–Crippen LogP) is 4.58. The van der Waals surface area contributed by atoms with Crippen molar-refractivity contribution >= 4 is 70.4 Å². The summed E-state index contributed by atoms with van der Waals surface area (Å²) < 4.78 is 0. The molecule has 0 spiro atoms. The monoisotopic (exact) mass is 695 g/mol. The van der Waals surface area contributed by atoms with Crippen molar-refractivity contribution < 1.29 is 48.6 Å². The molecule has 15 heteroatoms. The lowest BCUT2D eigenvalue weighted by Gasteiger charge is -2.17. The summed E-state index contributed by atoms with van der Waals surface area (Å²) >= 11 is 0. The summed E-state index contributed by atoms with van der Waals surface area (Å²) in [5.41, 5.74) is -0.661. The highest BCUT2D eigenvalue weighted by molar-refractivity contribution is 6.36. The smallest absolute Gasteiger partial charge is 0.337 e. The minimum atomic E-state index is -1.26. The normalized spacial score (nSPS) is 13.2. The highest BCUT2D eigenvalue weighted by atomic mass is 16.4. The van der Waals surface area contributed by atoms with Crippen LogP contribution in [-0.4, -0.2) is 62.6 Å². The summed E-state index contributed by atoms with van der Waals surface area (Å²) in [4.78, 5) is 109. The SMILES string of the molecule is O=C(Nc1ccccc1C(=O)O)c1ccc2c(c1)C(=O)N(c1cccc(N3C(=O)c4ccc(C(=O)Nc5ccccc5C(=O)O)cc4C3=O)n1)C2=O. The van der Waals surface area contributed by atoms with Crippen LogP contribution in [0.5, 0.6) is 0 Å². The van der Waals surface area contributed by atoms with Crippen LogP contribution in [0.2, 0.25) is 0 Å². The average molecular weight is 696 g/mol. The molecule has 3 heterocycles. The second kappa shape index (κ2) is 12.6. The van der Waals surface area contributed by atoms with Gasteiger partial charge in [-0.1, -0.05) is 30.3 Å². The molecular formula is C37H21N5O10. The number of imide groups is 2. The lowest BCUT2D eigenvalue weighted by atomic mass is 10.0. The molecule has 0 unspecified atom stereocenters. The number of aromatic nitrogens is 1. The van der Waals surface area contributed by atoms with E-state index in [1.165, 1.54) is 103 Å². The third kappa shape index (κ3) is 5.49. The van der Waals surface area contributed by atoms with Crippen LogP contribution in [0.25, 0.3) is 0 Å². The number of carboxylic acid groups (broad SMARTS) is 2. The van der Waals surface area contributed by atoms with Gasteiger partial charge in [-0.25, -0.2) is 24.4 Å².